The first kappa shape index (κ1) is 15.9. The second-order valence-corrected chi connectivity index (χ2v) is 7.76. The standard InChI is InChI=1S/C13H17BrFNO3S/c1-19-7-6-13(4-5-13)9-16-20(17,18)10-2-3-11(14)12(15)8-10/h2-3,8,16H,4-7,9H2,1H3. The molecule has 1 N–H and O–H groups in total. The molecule has 0 unspecified atom stereocenters. The van der Waals surface area contributed by atoms with Gasteiger partial charge >= 0.3 is 0 Å². The van der Waals surface area contributed by atoms with E-state index in [-0.39, 0.29) is 14.8 Å². The number of hydrogen-bond acceptors (Lipinski definition) is 3. The minimum absolute atomic E-state index is 0.0109. The van der Waals surface area contributed by atoms with Crippen molar-refractivity contribution >= 4 is 26.0 Å². The molecule has 0 atom stereocenters. The van der Waals surface area contributed by atoms with Crippen molar-refractivity contribution in [2.45, 2.75) is 24.2 Å². The summed E-state index contributed by atoms with van der Waals surface area (Å²) in [6.45, 7) is 0.991. The molecule has 0 radical (unpaired) electrons. The minimum atomic E-state index is -3.67. The number of hydrogen-bond donors (Lipinski definition) is 1. The molecular formula is C13H17BrFNO3S. The van der Waals surface area contributed by atoms with Gasteiger partial charge < -0.3 is 4.74 Å². The fourth-order valence-electron chi connectivity index (χ4n) is 1.99. The highest BCUT2D eigenvalue weighted by atomic mass is 79.9. The molecule has 1 aromatic rings. The van der Waals surface area contributed by atoms with Crippen molar-refractivity contribution in [3.63, 3.8) is 0 Å². The Hall–Kier alpha value is -0.500. The van der Waals surface area contributed by atoms with E-state index in [1.165, 1.54) is 12.1 Å². The molecule has 1 aliphatic carbocycles. The van der Waals surface area contributed by atoms with Crippen LogP contribution in [0.1, 0.15) is 19.3 Å². The van der Waals surface area contributed by atoms with Gasteiger partial charge in [0.2, 0.25) is 10.0 Å². The van der Waals surface area contributed by atoms with Crippen LogP contribution in [-0.4, -0.2) is 28.7 Å². The van der Waals surface area contributed by atoms with Gasteiger partial charge in [-0.15, -0.1) is 0 Å². The van der Waals surface area contributed by atoms with Crippen LogP contribution in [0.2, 0.25) is 0 Å². The molecule has 4 nitrogen and oxygen atoms in total. The molecular weight excluding hydrogens is 349 g/mol. The Labute approximate surface area is 126 Å². The van der Waals surface area contributed by atoms with E-state index in [0.717, 1.165) is 25.3 Å². The summed E-state index contributed by atoms with van der Waals surface area (Å²) < 4.78 is 45.5. The van der Waals surface area contributed by atoms with Gasteiger partial charge in [-0.1, -0.05) is 0 Å². The van der Waals surface area contributed by atoms with Crippen molar-refractivity contribution in [1.82, 2.24) is 4.72 Å². The van der Waals surface area contributed by atoms with Crippen LogP contribution in [-0.2, 0) is 14.8 Å². The third-order valence-corrected chi connectivity index (χ3v) is 5.67. The van der Waals surface area contributed by atoms with Crippen LogP contribution in [0.5, 0.6) is 0 Å². The maximum absolute atomic E-state index is 13.4. The highest BCUT2D eigenvalue weighted by molar-refractivity contribution is 9.10. The van der Waals surface area contributed by atoms with Gasteiger partial charge in [0.1, 0.15) is 5.82 Å². The first-order valence-corrected chi connectivity index (χ1v) is 8.60. The maximum Gasteiger partial charge on any atom is 0.240 e. The first-order valence-electron chi connectivity index (χ1n) is 6.32. The summed E-state index contributed by atoms with van der Waals surface area (Å²) in [4.78, 5) is -0.0549. The molecule has 0 bridgehead atoms. The third-order valence-electron chi connectivity index (χ3n) is 3.63. The summed E-state index contributed by atoms with van der Waals surface area (Å²) in [6.07, 6.45) is 2.82. The molecule has 0 heterocycles. The second-order valence-electron chi connectivity index (χ2n) is 5.14. The Morgan fingerprint density at radius 3 is 2.70 bits per heavy atom. The lowest BCUT2D eigenvalue weighted by atomic mass is 10.0. The van der Waals surface area contributed by atoms with Gasteiger partial charge in [0.05, 0.1) is 9.37 Å². The van der Waals surface area contributed by atoms with Crippen LogP contribution < -0.4 is 4.72 Å². The number of benzene rings is 1. The molecule has 1 aromatic carbocycles. The van der Waals surface area contributed by atoms with E-state index in [1.54, 1.807) is 7.11 Å². The fraction of sp³-hybridized carbons (Fsp3) is 0.538. The van der Waals surface area contributed by atoms with E-state index in [9.17, 15) is 12.8 Å². The summed E-state index contributed by atoms with van der Waals surface area (Å²) in [5.74, 6) is -0.589. The van der Waals surface area contributed by atoms with Crippen LogP contribution in [0, 0.1) is 11.2 Å². The quantitative estimate of drug-likeness (QED) is 0.807. The molecule has 0 aromatic heterocycles. The van der Waals surface area contributed by atoms with E-state index >= 15 is 0 Å². The smallest absolute Gasteiger partial charge is 0.240 e. The predicted octanol–water partition coefficient (Wildman–Crippen LogP) is 2.68. The molecule has 7 heteroatoms. The number of ether oxygens (including phenoxy) is 1. The molecule has 1 saturated carbocycles. The highest BCUT2D eigenvalue weighted by Gasteiger charge is 2.42. The van der Waals surface area contributed by atoms with Crippen LogP contribution in [0.3, 0.4) is 0 Å². The summed E-state index contributed by atoms with van der Waals surface area (Å²) in [6, 6.07) is 3.78. The number of sulfonamides is 1. The first-order chi connectivity index (χ1) is 9.38. The van der Waals surface area contributed by atoms with Gasteiger partial charge in [0.25, 0.3) is 0 Å². The summed E-state index contributed by atoms with van der Waals surface area (Å²) in [5.41, 5.74) is 0.0109. The fourth-order valence-corrected chi connectivity index (χ4v) is 3.40. The van der Waals surface area contributed by atoms with Crippen molar-refractivity contribution in [2.24, 2.45) is 5.41 Å². The van der Waals surface area contributed by atoms with Gasteiger partial charge in [0, 0.05) is 20.3 Å². The lowest BCUT2D eigenvalue weighted by Crippen LogP contribution is -2.31. The number of nitrogens with one attached hydrogen (secondary N) is 1. The Bertz CT molecular complexity index is 587. The zero-order valence-corrected chi connectivity index (χ0v) is 13.6. The number of rotatable bonds is 7. The average Bonchev–Trinajstić information content (AvgIpc) is 3.18. The Kier molecular flexibility index (Phi) is 4.84. The Morgan fingerprint density at radius 1 is 1.45 bits per heavy atom. The lowest BCUT2D eigenvalue weighted by molar-refractivity contribution is 0.173. The maximum atomic E-state index is 13.4. The summed E-state index contributed by atoms with van der Waals surface area (Å²) >= 11 is 3.00. The highest BCUT2D eigenvalue weighted by Crippen LogP contribution is 2.48. The Morgan fingerprint density at radius 2 is 2.15 bits per heavy atom. The summed E-state index contributed by atoms with van der Waals surface area (Å²) in [5, 5.41) is 0. The number of halogens is 2. The van der Waals surface area contributed by atoms with Gasteiger partial charge in [-0.05, 0) is 58.8 Å². The van der Waals surface area contributed by atoms with Gasteiger partial charge in [-0.25, -0.2) is 17.5 Å². The SMILES string of the molecule is COCCC1(CNS(=O)(=O)c2ccc(Br)c(F)c2)CC1. The van der Waals surface area contributed by atoms with Crippen LogP contribution in [0.4, 0.5) is 4.39 Å². The van der Waals surface area contributed by atoms with Crippen LogP contribution >= 0.6 is 15.9 Å². The molecule has 0 spiro atoms. The van der Waals surface area contributed by atoms with Gasteiger partial charge in [0.15, 0.2) is 0 Å². The van der Waals surface area contributed by atoms with E-state index in [0.29, 0.717) is 13.2 Å². The lowest BCUT2D eigenvalue weighted by Gasteiger charge is -2.15. The minimum Gasteiger partial charge on any atom is -0.385 e. The normalized spacial score (nSPS) is 17.1. The van der Waals surface area contributed by atoms with E-state index < -0.39 is 15.8 Å². The van der Waals surface area contributed by atoms with Crippen LogP contribution in [0.25, 0.3) is 0 Å². The average molecular weight is 366 g/mol. The number of methoxy groups -OCH3 is 1. The molecule has 0 saturated heterocycles. The predicted molar refractivity (Wildman–Crippen MR) is 77.4 cm³/mol. The molecule has 0 aliphatic heterocycles. The molecule has 112 valence electrons. The topological polar surface area (TPSA) is 55.4 Å². The van der Waals surface area contributed by atoms with E-state index in [4.69, 9.17) is 4.74 Å². The van der Waals surface area contributed by atoms with Crippen molar-refractivity contribution in [2.75, 3.05) is 20.3 Å². The monoisotopic (exact) mass is 365 g/mol. The van der Waals surface area contributed by atoms with Gasteiger partial charge in [-0.3, -0.25) is 0 Å². The van der Waals surface area contributed by atoms with Crippen LogP contribution in [0.15, 0.2) is 27.6 Å². The second kappa shape index (κ2) is 6.09. The molecule has 1 fully saturated rings. The zero-order valence-electron chi connectivity index (χ0n) is 11.2. The van der Waals surface area contributed by atoms with Crippen molar-refractivity contribution in [3.05, 3.63) is 28.5 Å². The molecule has 2 rings (SSSR count). The van der Waals surface area contributed by atoms with Crippen molar-refractivity contribution in [1.29, 1.82) is 0 Å². The third kappa shape index (κ3) is 3.78. The largest absolute Gasteiger partial charge is 0.385 e. The molecule has 20 heavy (non-hydrogen) atoms. The van der Waals surface area contributed by atoms with E-state index in [2.05, 4.69) is 20.7 Å². The van der Waals surface area contributed by atoms with Crippen molar-refractivity contribution < 1.29 is 17.5 Å². The summed E-state index contributed by atoms with van der Waals surface area (Å²) in [7, 11) is -2.04. The van der Waals surface area contributed by atoms with Gasteiger partial charge in [-0.2, -0.15) is 0 Å². The molecule has 0 amide bonds. The van der Waals surface area contributed by atoms with E-state index in [1.807, 2.05) is 0 Å². The molecule has 1 aliphatic rings. The Balaban J connectivity index is 2.02. The van der Waals surface area contributed by atoms with Crippen molar-refractivity contribution in [3.8, 4) is 0 Å². The zero-order chi connectivity index (χ0) is 14.8.